The molecule has 0 radical (unpaired) electrons. The van der Waals surface area contributed by atoms with Crippen molar-refractivity contribution in [1.29, 1.82) is 5.26 Å². The lowest BCUT2D eigenvalue weighted by Crippen LogP contribution is -2.05. The lowest BCUT2D eigenvalue weighted by Gasteiger charge is -2.06. The Hall–Kier alpha value is -3.14. The van der Waals surface area contributed by atoms with E-state index in [-0.39, 0.29) is 11.3 Å². The minimum Gasteiger partial charge on any atom is -0.303 e. The molecule has 0 aliphatic heterocycles. The first-order chi connectivity index (χ1) is 11.9. The van der Waals surface area contributed by atoms with E-state index in [2.05, 4.69) is 9.97 Å². The third-order valence-corrected chi connectivity index (χ3v) is 3.73. The fourth-order valence-corrected chi connectivity index (χ4v) is 2.50. The summed E-state index contributed by atoms with van der Waals surface area (Å²) >= 11 is 0. The van der Waals surface area contributed by atoms with Gasteiger partial charge < -0.3 is 4.40 Å². The first kappa shape index (κ1) is 16.7. The number of imidazole rings is 1. The van der Waals surface area contributed by atoms with Crippen LogP contribution in [0.2, 0.25) is 0 Å². The summed E-state index contributed by atoms with van der Waals surface area (Å²) < 4.78 is 39.8. The van der Waals surface area contributed by atoms with Crippen LogP contribution in [0.15, 0.2) is 42.7 Å². The van der Waals surface area contributed by atoms with Crippen molar-refractivity contribution in [3.8, 4) is 6.07 Å². The van der Waals surface area contributed by atoms with Gasteiger partial charge in [0.25, 0.3) is 0 Å². The van der Waals surface area contributed by atoms with Crippen molar-refractivity contribution in [3.05, 3.63) is 65.5 Å². The second-order valence-corrected chi connectivity index (χ2v) is 5.32. The van der Waals surface area contributed by atoms with Crippen molar-refractivity contribution >= 4 is 17.2 Å². The maximum Gasteiger partial charge on any atom is 0.417 e. The lowest BCUT2D eigenvalue weighted by molar-refractivity contribution is -0.137. The van der Waals surface area contributed by atoms with E-state index in [0.717, 1.165) is 23.6 Å². The van der Waals surface area contributed by atoms with Crippen LogP contribution in [-0.4, -0.2) is 14.4 Å². The number of nitrogens with zero attached hydrogens (tertiary/aromatic N) is 4. The lowest BCUT2D eigenvalue weighted by atomic mass is 10.1. The number of alkyl halides is 3. The van der Waals surface area contributed by atoms with Crippen molar-refractivity contribution in [2.24, 2.45) is 0 Å². The van der Waals surface area contributed by atoms with Crippen molar-refractivity contribution in [2.45, 2.75) is 19.5 Å². The van der Waals surface area contributed by atoms with E-state index in [0.29, 0.717) is 12.1 Å². The van der Waals surface area contributed by atoms with Gasteiger partial charge in [0.2, 0.25) is 0 Å². The van der Waals surface area contributed by atoms with Crippen molar-refractivity contribution in [2.75, 3.05) is 0 Å². The number of pyridine rings is 2. The van der Waals surface area contributed by atoms with E-state index >= 15 is 0 Å². The number of fused-ring (bicyclic) bond motifs is 1. The smallest absolute Gasteiger partial charge is 0.303 e. The Balaban J connectivity index is 2.06. The molecule has 0 aliphatic carbocycles. The van der Waals surface area contributed by atoms with E-state index in [1.807, 2.05) is 41.8 Å². The predicted octanol–water partition coefficient (Wildman–Crippen LogP) is 4.37. The molecule has 0 N–H and O–H groups in total. The SMILES string of the molecule is CCc1nc(C=C(C#N)c2ccc(C(F)(F)F)cn2)c2ccccn12. The second kappa shape index (κ2) is 6.40. The molecule has 25 heavy (non-hydrogen) atoms. The van der Waals surface area contributed by atoms with Crippen LogP contribution >= 0.6 is 0 Å². The standard InChI is InChI=1S/C18H13F3N4/c1-2-17-24-15(16-5-3-4-8-25(16)17)9-12(10-22)14-7-6-13(11-23-14)18(19,20)21/h3-9,11H,2H2,1H3. The largest absolute Gasteiger partial charge is 0.417 e. The fraction of sp³-hybridized carbons (Fsp3) is 0.167. The van der Waals surface area contributed by atoms with Crippen LogP contribution < -0.4 is 0 Å². The van der Waals surface area contributed by atoms with Crippen LogP contribution in [-0.2, 0) is 12.6 Å². The molecule has 126 valence electrons. The molecule has 0 aromatic carbocycles. The van der Waals surface area contributed by atoms with Gasteiger partial charge in [-0.1, -0.05) is 13.0 Å². The molecule has 3 heterocycles. The van der Waals surface area contributed by atoms with Gasteiger partial charge in [-0.15, -0.1) is 0 Å². The Kier molecular flexibility index (Phi) is 4.28. The van der Waals surface area contributed by atoms with Gasteiger partial charge in [-0.3, -0.25) is 4.98 Å². The van der Waals surface area contributed by atoms with Gasteiger partial charge in [-0.2, -0.15) is 18.4 Å². The first-order valence-electron chi connectivity index (χ1n) is 7.55. The summed E-state index contributed by atoms with van der Waals surface area (Å²) in [5.74, 6) is 0.833. The first-order valence-corrected chi connectivity index (χ1v) is 7.55. The number of nitriles is 1. The van der Waals surface area contributed by atoms with Crippen molar-refractivity contribution in [1.82, 2.24) is 14.4 Å². The van der Waals surface area contributed by atoms with Crippen LogP contribution in [0, 0.1) is 11.3 Å². The number of halogens is 3. The number of aromatic nitrogens is 3. The molecule has 0 saturated heterocycles. The molecule has 0 spiro atoms. The summed E-state index contributed by atoms with van der Waals surface area (Å²) in [4.78, 5) is 8.28. The molecule has 4 nitrogen and oxygen atoms in total. The highest BCUT2D eigenvalue weighted by molar-refractivity contribution is 5.90. The molecule has 0 unspecified atom stereocenters. The third kappa shape index (κ3) is 3.24. The molecule has 7 heteroatoms. The zero-order valence-corrected chi connectivity index (χ0v) is 13.2. The van der Waals surface area contributed by atoms with E-state index in [9.17, 15) is 18.4 Å². The molecule has 0 saturated carbocycles. The summed E-state index contributed by atoms with van der Waals surface area (Å²) in [7, 11) is 0. The molecule has 0 aliphatic rings. The molecule has 0 fully saturated rings. The normalized spacial score (nSPS) is 12.4. The van der Waals surface area contributed by atoms with Gasteiger partial charge in [-0.25, -0.2) is 4.98 Å². The van der Waals surface area contributed by atoms with Crippen LogP contribution in [0.1, 0.15) is 29.7 Å². The average molecular weight is 342 g/mol. The molecular formula is C18H13F3N4. The summed E-state index contributed by atoms with van der Waals surface area (Å²) in [5.41, 5.74) is 0.870. The zero-order valence-electron chi connectivity index (χ0n) is 13.2. The highest BCUT2D eigenvalue weighted by atomic mass is 19.4. The molecule has 0 bridgehead atoms. The van der Waals surface area contributed by atoms with Crippen molar-refractivity contribution in [3.63, 3.8) is 0 Å². The Morgan fingerprint density at radius 3 is 2.68 bits per heavy atom. The Labute approximate surface area is 141 Å². The maximum atomic E-state index is 12.6. The van der Waals surface area contributed by atoms with Gasteiger partial charge in [0, 0.05) is 18.8 Å². The van der Waals surface area contributed by atoms with Crippen LogP contribution in [0.4, 0.5) is 13.2 Å². The van der Waals surface area contributed by atoms with E-state index in [1.54, 1.807) is 6.08 Å². The quantitative estimate of drug-likeness (QED) is 0.664. The fourth-order valence-electron chi connectivity index (χ4n) is 2.50. The van der Waals surface area contributed by atoms with Crippen LogP contribution in [0.3, 0.4) is 0 Å². The minimum atomic E-state index is -4.46. The average Bonchev–Trinajstić information content (AvgIpc) is 2.97. The zero-order chi connectivity index (χ0) is 18.0. The Morgan fingerprint density at radius 1 is 1.28 bits per heavy atom. The van der Waals surface area contributed by atoms with E-state index < -0.39 is 11.7 Å². The predicted molar refractivity (Wildman–Crippen MR) is 87.3 cm³/mol. The van der Waals surface area contributed by atoms with Crippen LogP contribution in [0.25, 0.3) is 17.2 Å². The number of hydrogen-bond donors (Lipinski definition) is 0. The van der Waals surface area contributed by atoms with Gasteiger partial charge in [0.15, 0.2) is 0 Å². The highest BCUT2D eigenvalue weighted by Crippen LogP contribution is 2.29. The number of hydrogen-bond acceptors (Lipinski definition) is 3. The number of aryl methyl sites for hydroxylation is 1. The topological polar surface area (TPSA) is 54.0 Å². The summed E-state index contributed by atoms with van der Waals surface area (Å²) in [6.07, 6.45) is 0.395. The number of rotatable bonds is 3. The van der Waals surface area contributed by atoms with Crippen LogP contribution in [0.5, 0.6) is 0 Å². The number of allylic oxidation sites excluding steroid dienone is 1. The molecule has 3 rings (SSSR count). The Morgan fingerprint density at radius 2 is 2.08 bits per heavy atom. The third-order valence-electron chi connectivity index (χ3n) is 3.73. The maximum absolute atomic E-state index is 12.6. The Bertz CT molecular complexity index is 976. The molecular weight excluding hydrogens is 329 g/mol. The second-order valence-electron chi connectivity index (χ2n) is 5.32. The highest BCUT2D eigenvalue weighted by Gasteiger charge is 2.30. The van der Waals surface area contributed by atoms with Gasteiger partial charge in [0.05, 0.1) is 28.0 Å². The summed E-state index contributed by atoms with van der Waals surface area (Å²) in [6.45, 7) is 1.97. The molecule has 0 amide bonds. The molecule has 3 aromatic rings. The molecule has 0 atom stereocenters. The van der Waals surface area contributed by atoms with Gasteiger partial charge >= 0.3 is 6.18 Å². The van der Waals surface area contributed by atoms with Gasteiger partial charge in [0.1, 0.15) is 11.9 Å². The van der Waals surface area contributed by atoms with Gasteiger partial charge in [-0.05, 0) is 30.3 Å². The summed E-state index contributed by atoms with van der Waals surface area (Å²) in [5, 5.41) is 9.39. The van der Waals surface area contributed by atoms with Crippen molar-refractivity contribution < 1.29 is 13.2 Å². The summed E-state index contributed by atoms with van der Waals surface area (Å²) in [6, 6.07) is 9.69. The van der Waals surface area contributed by atoms with E-state index in [4.69, 9.17) is 0 Å². The van der Waals surface area contributed by atoms with E-state index in [1.165, 1.54) is 6.07 Å². The monoisotopic (exact) mass is 342 g/mol. The minimum absolute atomic E-state index is 0.153. The molecule has 3 aromatic heterocycles.